The number of halogens is 3. The molecule has 0 N–H and O–H groups in total. The lowest BCUT2D eigenvalue weighted by Gasteiger charge is -2.36. The first-order valence-corrected chi connectivity index (χ1v) is 8.79. The molecule has 1 aliphatic heterocycles. The van der Waals surface area contributed by atoms with Crippen molar-refractivity contribution in [1.82, 2.24) is 4.90 Å². The zero-order valence-corrected chi connectivity index (χ0v) is 15.1. The zero-order chi connectivity index (χ0) is 18.7. The SMILES string of the molecule is CCOc1ccccc1N1CCN(C(=O)c2cc(F)c(F)cc2Cl)CC1. The van der Waals surface area contributed by atoms with Crippen molar-refractivity contribution in [3.63, 3.8) is 0 Å². The second-order valence-corrected chi connectivity index (χ2v) is 6.33. The van der Waals surface area contributed by atoms with Gasteiger partial charge in [-0.05, 0) is 31.2 Å². The number of benzene rings is 2. The van der Waals surface area contributed by atoms with E-state index < -0.39 is 17.5 Å². The predicted octanol–water partition coefficient (Wildman–Crippen LogP) is 3.98. The van der Waals surface area contributed by atoms with Crippen LogP contribution >= 0.6 is 11.6 Å². The van der Waals surface area contributed by atoms with Gasteiger partial charge in [0.05, 0.1) is 22.9 Å². The summed E-state index contributed by atoms with van der Waals surface area (Å²) >= 11 is 5.91. The van der Waals surface area contributed by atoms with E-state index in [1.165, 1.54) is 0 Å². The Morgan fingerprint density at radius 1 is 1.12 bits per heavy atom. The van der Waals surface area contributed by atoms with Gasteiger partial charge in [0, 0.05) is 26.2 Å². The van der Waals surface area contributed by atoms with Crippen molar-refractivity contribution in [3.05, 3.63) is 58.6 Å². The molecule has 2 aromatic rings. The number of carbonyl (C=O) groups is 1. The molecule has 0 aliphatic carbocycles. The average Bonchev–Trinajstić information content (AvgIpc) is 2.65. The van der Waals surface area contributed by atoms with Gasteiger partial charge in [-0.3, -0.25) is 4.79 Å². The Bertz CT molecular complexity index is 808. The van der Waals surface area contributed by atoms with Crippen LogP contribution in [0.3, 0.4) is 0 Å². The third-order valence-electron chi connectivity index (χ3n) is 4.31. The second kappa shape index (κ2) is 7.91. The van der Waals surface area contributed by atoms with Gasteiger partial charge in [0.15, 0.2) is 11.6 Å². The van der Waals surface area contributed by atoms with Crippen LogP contribution in [-0.4, -0.2) is 43.6 Å². The number of piperazine rings is 1. The smallest absolute Gasteiger partial charge is 0.255 e. The van der Waals surface area contributed by atoms with E-state index >= 15 is 0 Å². The Labute approximate surface area is 155 Å². The number of rotatable bonds is 4. The number of para-hydroxylation sites is 2. The summed E-state index contributed by atoms with van der Waals surface area (Å²) in [7, 11) is 0. The van der Waals surface area contributed by atoms with Crippen molar-refractivity contribution < 1.29 is 18.3 Å². The van der Waals surface area contributed by atoms with E-state index in [0.717, 1.165) is 23.6 Å². The quantitative estimate of drug-likeness (QED) is 0.752. The minimum absolute atomic E-state index is 0.0197. The number of anilines is 1. The van der Waals surface area contributed by atoms with Gasteiger partial charge >= 0.3 is 0 Å². The van der Waals surface area contributed by atoms with Crippen LogP contribution in [0.4, 0.5) is 14.5 Å². The van der Waals surface area contributed by atoms with Crippen LogP contribution in [-0.2, 0) is 0 Å². The molecular formula is C19H19ClF2N2O2. The molecule has 1 saturated heterocycles. The van der Waals surface area contributed by atoms with Crippen LogP contribution in [0, 0.1) is 11.6 Å². The topological polar surface area (TPSA) is 32.8 Å². The molecule has 26 heavy (non-hydrogen) atoms. The van der Waals surface area contributed by atoms with Crippen LogP contribution in [0.2, 0.25) is 5.02 Å². The largest absolute Gasteiger partial charge is 0.492 e. The van der Waals surface area contributed by atoms with Crippen molar-refractivity contribution >= 4 is 23.2 Å². The number of nitrogens with zero attached hydrogens (tertiary/aromatic N) is 2. The third kappa shape index (κ3) is 3.75. The van der Waals surface area contributed by atoms with Crippen molar-refractivity contribution in [2.24, 2.45) is 0 Å². The van der Waals surface area contributed by atoms with E-state index in [2.05, 4.69) is 4.90 Å². The predicted molar refractivity (Wildman–Crippen MR) is 97.1 cm³/mol. The molecule has 2 aromatic carbocycles. The maximum absolute atomic E-state index is 13.5. The van der Waals surface area contributed by atoms with Crippen LogP contribution in [0.5, 0.6) is 5.75 Å². The van der Waals surface area contributed by atoms with E-state index in [0.29, 0.717) is 32.8 Å². The molecule has 1 amide bonds. The zero-order valence-electron chi connectivity index (χ0n) is 14.3. The molecule has 0 saturated carbocycles. The number of carbonyl (C=O) groups excluding carboxylic acids is 1. The third-order valence-corrected chi connectivity index (χ3v) is 4.63. The summed E-state index contributed by atoms with van der Waals surface area (Å²) in [6.45, 7) is 4.63. The minimum Gasteiger partial charge on any atom is -0.492 e. The van der Waals surface area contributed by atoms with Gasteiger partial charge in [-0.15, -0.1) is 0 Å². The molecule has 0 atom stereocenters. The normalized spacial score (nSPS) is 14.5. The molecule has 0 unspecified atom stereocenters. The highest BCUT2D eigenvalue weighted by Crippen LogP contribution is 2.29. The molecule has 3 rings (SSSR count). The molecule has 138 valence electrons. The molecule has 1 heterocycles. The first-order valence-electron chi connectivity index (χ1n) is 8.42. The van der Waals surface area contributed by atoms with E-state index in [1.54, 1.807) is 4.90 Å². The lowest BCUT2D eigenvalue weighted by atomic mass is 10.1. The fraction of sp³-hybridized carbons (Fsp3) is 0.316. The molecule has 0 bridgehead atoms. The highest BCUT2D eigenvalue weighted by molar-refractivity contribution is 6.33. The molecule has 0 radical (unpaired) electrons. The molecule has 0 aromatic heterocycles. The van der Waals surface area contributed by atoms with Gasteiger partial charge in [0.2, 0.25) is 0 Å². The van der Waals surface area contributed by atoms with E-state index in [-0.39, 0.29) is 10.6 Å². The van der Waals surface area contributed by atoms with Gasteiger partial charge < -0.3 is 14.5 Å². The van der Waals surface area contributed by atoms with Gasteiger partial charge in [-0.2, -0.15) is 0 Å². The van der Waals surface area contributed by atoms with Gasteiger partial charge in [0.1, 0.15) is 5.75 Å². The van der Waals surface area contributed by atoms with Gasteiger partial charge in [-0.25, -0.2) is 8.78 Å². The van der Waals surface area contributed by atoms with Crippen molar-refractivity contribution in [3.8, 4) is 5.75 Å². The standard InChI is InChI=1S/C19H19ClF2N2O2/c1-2-26-18-6-4-3-5-17(18)23-7-9-24(10-8-23)19(25)13-11-15(21)16(22)12-14(13)20/h3-6,11-12H,2,7-10H2,1H3. The van der Waals surface area contributed by atoms with Crippen LogP contribution < -0.4 is 9.64 Å². The first-order chi connectivity index (χ1) is 12.5. The van der Waals surface area contributed by atoms with Crippen molar-refractivity contribution in [2.75, 3.05) is 37.7 Å². The van der Waals surface area contributed by atoms with E-state index in [9.17, 15) is 13.6 Å². The van der Waals surface area contributed by atoms with Gasteiger partial charge in [0.25, 0.3) is 5.91 Å². The Balaban J connectivity index is 1.71. The van der Waals surface area contributed by atoms with Crippen LogP contribution in [0.25, 0.3) is 0 Å². The summed E-state index contributed by atoms with van der Waals surface area (Å²) < 4.78 is 32.3. The van der Waals surface area contributed by atoms with Crippen LogP contribution in [0.15, 0.2) is 36.4 Å². The fourth-order valence-corrected chi connectivity index (χ4v) is 3.23. The van der Waals surface area contributed by atoms with Gasteiger partial charge in [-0.1, -0.05) is 23.7 Å². The molecule has 1 fully saturated rings. The summed E-state index contributed by atoms with van der Waals surface area (Å²) in [6.07, 6.45) is 0. The maximum atomic E-state index is 13.5. The lowest BCUT2D eigenvalue weighted by Crippen LogP contribution is -2.49. The highest BCUT2D eigenvalue weighted by Gasteiger charge is 2.26. The summed E-state index contributed by atoms with van der Waals surface area (Å²) in [5.41, 5.74) is 0.959. The molecule has 0 spiro atoms. The summed E-state index contributed by atoms with van der Waals surface area (Å²) in [4.78, 5) is 16.3. The molecular weight excluding hydrogens is 362 g/mol. The Hall–Kier alpha value is -2.34. The summed E-state index contributed by atoms with van der Waals surface area (Å²) in [5.74, 6) is -1.74. The van der Waals surface area contributed by atoms with E-state index in [4.69, 9.17) is 16.3 Å². The summed E-state index contributed by atoms with van der Waals surface area (Å²) in [6, 6.07) is 9.44. The number of hydrogen-bond acceptors (Lipinski definition) is 3. The van der Waals surface area contributed by atoms with Crippen LogP contribution in [0.1, 0.15) is 17.3 Å². The fourth-order valence-electron chi connectivity index (χ4n) is 3.00. The first kappa shape index (κ1) is 18.5. The lowest BCUT2D eigenvalue weighted by molar-refractivity contribution is 0.0746. The monoisotopic (exact) mass is 380 g/mol. The van der Waals surface area contributed by atoms with Crippen molar-refractivity contribution in [1.29, 1.82) is 0 Å². The van der Waals surface area contributed by atoms with E-state index in [1.807, 2.05) is 31.2 Å². The molecule has 1 aliphatic rings. The minimum atomic E-state index is -1.08. The van der Waals surface area contributed by atoms with Crippen molar-refractivity contribution in [2.45, 2.75) is 6.92 Å². The second-order valence-electron chi connectivity index (χ2n) is 5.93. The Kier molecular flexibility index (Phi) is 5.61. The maximum Gasteiger partial charge on any atom is 0.255 e. The highest BCUT2D eigenvalue weighted by atomic mass is 35.5. The molecule has 7 heteroatoms. The Morgan fingerprint density at radius 2 is 1.77 bits per heavy atom. The number of ether oxygens (including phenoxy) is 1. The average molecular weight is 381 g/mol. The molecule has 4 nitrogen and oxygen atoms in total. The number of amides is 1. The Morgan fingerprint density at radius 3 is 2.46 bits per heavy atom. The number of hydrogen-bond donors (Lipinski definition) is 0. The summed E-state index contributed by atoms with van der Waals surface area (Å²) in [5, 5.41) is -0.0852.